The highest BCUT2D eigenvalue weighted by Gasteiger charge is 2.52. The van der Waals surface area contributed by atoms with Crippen molar-refractivity contribution in [1.82, 2.24) is 4.98 Å². The van der Waals surface area contributed by atoms with E-state index in [1.165, 1.54) is 47.5 Å². The van der Waals surface area contributed by atoms with Crippen LogP contribution in [-0.2, 0) is 5.41 Å². The van der Waals surface area contributed by atoms with Crippen LogP contribution in [0.5, 0.6) is 0 Å². The number of hydrogen-bond donors (Lipinski definition) is 0. The number of rotatable bonds is 6. The minimum absolute atomic E-state index is 0.211. The number of hydrogen-bond acceptors (Lipinski definition) is 1. The fraction of sp³-hybridized carbons (Fsp3) is 0.0185. The van der Waals surface area contributed by atoms with Crippen LogP contribution in [0.25, 0.3) is 44.5 Å². The number of halogens is 6. The Hall–Kier alpha value is -7.29. The predicted molar refractivity (Wildman–Crippen MR) is 235 cm³/mol. The highest BCUT2D eigenvalue weighted by molar-refractivity contribution is 7.19. The van der Waals surface area contributed by atoms with Crippen molar-refractivity contribution >= 4 is 28.8 Å². The highest BCUT2D eigenvalue weighted by Crippen LogP contribution is 2.62. The molecule has 2 aliphatic rings. The van der Waals surface area contributed by atoms with Crippen LogP contribution in [0.1, 0.15) is 22.3 Å². The van der Waals surface area contributed by atoms with Gasteiger partial charge < -0.3 is 0 Å². The minimum Gasteiger partial charge on any atom is -0.264 e. The van der Waals surface area contributed by atoms with Crippen molar-refractivity contribution in [2.45, 2.75) is 5.41 Å². The summed E-state index contributed by atoms with van der Waals surface area (Å²) in [4.78, 5) is 4.52. The van der Waals surface area contributed by atoms with E-state index < -0.39 is 48.4 Å². The lowest BCUT2D eigenvalue weighted by molar-refractivity contribution is 0.583. The van der Waals surface area contributed by atoms with Gasteiger partial charge >= 0.3 is 0 Å². The Balaban J connectivity index is 1.11. The molecule has 2 aliphatic carbocycles. The molecule has 1 unspecified atom stereocenters. The van der Waals surface area contributed by atoms with Crippen LogP contribution in [0.15, 0.2) is 188 Å². The first-order valence-electron chi connectivity index (χ1n) is 20.0. The predicted octanol–water partition coefficient (Wildman–Crippen LogP) is 11.0. The quantitative estimate of drug-likeness (QED) is 0.0924. The van der Waals surface area contributed by atoms with Gasteiger partial charge in [0.2, 0.25) is 0 Å². The Morgan fingerprint density at radius 1 is 0.323 bits per heavy atom. The van der Waals surface area contributed by atoms with Crippen molar-refractivity contribution in [3.05, 3.63) is 245 Å². The molecule has 0 radical (unpaired) electrons. The maximum Gasteiger partial charge on any atom is 0.180 e. The molecule has 8 heteroatoms. The highest BCUT2D eigenvalue weighted by atomic mass is 28.3. The summed E-state index contributed by atoms with van der Waals surface area (Å²) in [5, 5.41) is 1.55. The van der Waals surface area contributed by atoms with Crippen LogP contribution in [0.4, 0.5) is 26.3 Å². The van der Waals surface area contributed by atoms with Crippen molar-refractivity contribution in [1.29, 1.82) is 0 Å². The third kappa shape index (κ3) is 5.59. The van der Waals surface area contributed by atoms with E-state index in [1.54, 1.807) is 24.3 Å². The molecule has 9 aromatic rings. The summed E-state index contributed by atoms with van der Waals surface area (Å²) in [6.45, 7) is 0. The van der Waals surface area contributed by atoms with Crippen molar-refractivity contribution in [3.8, 4) is 44.5 Å². The zero-order valence-corrected chi connectivity index (χ0v) is 33.6. The second-order valence-corrected chi connectivity index (χ2v) is 19.7. The molecule has 0 aliphatic heterocycles. The first-order valence-corrected chi connectivity index (χ1v) is 22.0. The topological polar surface area (TPSA) is 12.9 Å². The van der Waals surface area contributed by atoms with Crippen LogP contribution in [-0.4, -0.2) is 13.1 Å². The molecule has 1 atom stereocenters. The lowest BCUT2D eigenvalue weighted by atomic mass is 9.70. The van der Waals surface area contributed by atoms with E-state index in [0.29, 0.717) is 15.9 Å². The molecule has 0 amide bonds. The Labute approximate surface area is 354 Å². The van der Waals surface area contributed by atoms with Gasteiger partial charge in [0.15, 0.2) is 8.07 Å². The molecular formula is C54H31F6NSi. The lowest BCUT2D eigenvalue weighted by Gasteiger charge is -2.35. The minimum atomic E-state index is -3.97. The third-order valence-electron chi connectivity index (χ3n) is 12.6. The van der Waals surface area contributed by atoms with Gasteiger partial charge in [0, 0.05) is 36.2 Å². The number of aromatic nitrogens is 1. The maximum absolute atomic E-state index is 15.4. The van der Waals surface area contributed by atoms with E-state index in [0.717, 1.165) is 62.7 Å². The van der Waals surface area contributed by atoms with Gasteiger partial charge in [0.1, 0.15) is 34.9 Å². The summed E-state index contributed by atoms with van der Waals surface area (Å²) in [7, 11) is -3.97. The molecule has 0 saturated heterocycles. The molecule has 8 aromatic carbocycles. The van der Waals surface area contributed by atoms with Gasteiger partial charge in [0.25, 0.3) is 0 Å². The molecule has 1 aromatic heterocycles. The zero-order valence-electron chi connectivity index (χ0n) is 32.6. The molecule has 1 nitrogen and oxygen atoms in total. The summed E-state index contributed by atoms with van der Waals surface area (Å²) < 4.78 is 90.2. The summed E-state index contributed by atoms with van der Waals surface area (Å²) in [6.07, 6.45) is 3.78. The molecule has 1 heterocycles. The maximum atomic E-state index is 15.4. The SMILES string of the molecule is Fc1cc(F)cc(-c2ccc([Si](c3ccc(-c4ccc5c(c4)C4(c6ccccc6-c6cnccc64)c4ccccc4-5)cc3)(c3cc(F)cc(F)c3)c3cc(F)cc(F)c3)cc2)c1. The Morgan fingerprint density at radius 3 is 1.27 bits per heavy atom. The average molecular weight is 836 g/mol. The molecule has 0 bridgehead atoms. The lowest BCUT2D eigenvalue weighted by Crippen LogP contribution is -2.75. The second-order valence-electron chi connectivity index (χ2n) is 15.9. The number of benzene rings is 8. The van der Waals surface area contributed by atoms with Gasteiger partial charge in [-0.3, -0.25) is 4.98 Å². The first-order chi connectivity index (χ1) is 30.1. The molecule has 11 rings (SSSR count). The number of fused-ring (bicyclic) bond motifs is 10. The summed E-state index contributed by atoms with van der Waals surface area (Å²) in [5.41, 5.74) is 11.1. The smallest absolute Gasteiger partial charge is 0.180 e. The van der Waals surface area contributed by atoms with Gasteiger partial charge in [-0.25, -0.2) is 26.3 Å². The Kier molecular flexibility index (Phi) is 8.60. The van der Waals surface area contributed by atoms with Crippen molar-refractivity contribution in [3.63, 3.8) is 0 Å². The summed E-state index contributed by atoms with van der Waals surface area (Å²) in [6, 6.07) is 49.4. The monoisotopic (exact) mass is 835 g/mol. The zero-order chi connectivity index (χ0) is 42.3. The Bertz CT molecular complexity index is 3100. The van der Waals surface area contributed by atoms with Crippen molar-refractivity contribution in [2.24, 2.45) is 0 Å². The second kappa shape index (κ2) is 14.1. The Morgan fingerprint density at radius 2 is 0.742 bits per heavy atom. The largest absolute Gasteiger partial charge is 0.264 e. The van der Waals surface area contributed by atoms with Crippen LogP contribution in [0.2, 0.25) is 0 Å². The van der Waals surface area contributed by atoms with E-state index >= 15 is 17.6 Å². The fourth-order valence-electron chi connectivity index (χ4n) is 10.3. The molecule has 1 spiro atoms. The van der Waals surface area contributed by atoms with Crippen LogP contribution in [0.3, 0.4) is 0 Å². The van der Waals surface area contributed by atoms with Crippen LogP contribution < -0.4 is 20.7 Å². The summed E-state index contributed by atoms with van der Waals surface area (Å²) in [5.74, 6) is -4.91. The number of pyridine rings is 1. The molecule has 0 saturated carbocycles. The normalized spacial score (nSPS) is 14.7. The first kappa shape index (κ1) is 37.7. The van der Waals surface area contributed by atoms with Gasteiger partial charge in [-0.1, -0.05) is 109 Å². The molecular weight excluding hydrogens is 805 g/mol. The van der Waals surface area contributed by atoms with Gasteiger partial charge in [0.05, 0.1) is 5.41 Å². The van der Waals surface area contributed by atoms with E-state index in [9.17, 15) is 8.78 Å². The van der Waals surface area contributed by atoms with E-state index in [-0.39, 0.29) is 15.9 Å². The van der Waals surface area contributed by atoms with Crippen molar-refractivity contribution in [2.75, 3.05) is 0 Å². The fourth-order valence-corrected chi connectivity index (χ4v) is 15.0. The van der Waals surface area contributed by atoms with E-state index in [1.807, 2.05) is 42.7 Å². The standard InChI is InChI=1S/C54H31F6NSi/c55-36-21-35(22-37(56)24-36)33-11-16-43(17-12-33)62(44-27-38(57)25-39(58)28-44,45-29-40(59)26-41(60)30-45)42-14-9-32(10-15-42)34-13-18-48-46-5-1-3-7-50(46)54(53(48)23-34)51-8-4-2-6-47(51)49-31-61-20-19-52(49)54/h1-31H. The number of nitrogens with zero attached hydrogens (tertiary/aromatic N) is 1. The molecule has 62 heavy (non-hydrogen) atoms. The van der Waals surface area contributed by atoms with E-state index in [4.69, 9.17) is 0 Å². The van der Waals surface area contributed by atoms with E-state index in [2.05, 4.69) is 71.7 Å². The van der Waals surface area contributed by atoms with Gasteiger partial charge in [-0.05, 0) is 130 Å². The molecule has 0 N–H and O–H groups in total. The molecule has 298 valence electrons. The summed E-state index contributed by atoms with van der Waals surface area (Å²) >= 11 is 0. The molecule has 0 fully saturated rings. The average Bonchev–Trinajstić information content (AvgIpc) is 3.73. The van der Waals surface area contributed by atoms with Crippen molar-refractivity contribution < 1.29 is 26.3 Å². The van der Waals surface area contributed by atoms with Crippen LogP contribution in [0, 0.1) is 34.9 Å². The third-order valence-corrected chi connectivity index (χ3v) is 17.4. The van der Waals surface area contributed by atoms with Crippen LogP contribution >= 0.6 is 0 Å². The van der Waals surface area contributed by atoms with Gasteiger partial charge in [-0.15, -0.1) is 0 Å². The van der Waals surface area contributed by atoms with Gasteiger partial charge in [-0.2, -0.15) is 0 Å².